The SMILES string of the molecule is COc1cc2cc(C(=O)NCCCc3ccc(F)cc3)c(=O)oc2cc1O. The predicted molar refractivity (Wildman–Crippen MR) is 97.8 cm³/mol. The molecule has 0 radical (unpaired) electrons. The summed E-state index contributed by atoms with van der Waals surface area (Å²) in [6.45, 7) is 0.354. The Morgan fingerprint density at radius 1 is 1.22 bits per heavy atom. The number of phenols is 1. The third kappa shape index (κ3) is 4.25. The summed E-state index contributed by atoms with van der Waals surface area (Å²) >= 11 is 0. The molecular formula is C20H18FNO5. The van der Waals surface area contributed by atoms with Gasteiger partial charge in [0.05, 0.1) is 7.11 Å². The van der Waals surface area contributed by atoms with E-state index in [2.05, 4.69) is 5.32 Å². The molecule has 27 heavy (non-hydrogen) atoms. The Bertz CT molecular complexity index is 1030. The van der Waals surface area contributed by atoms with Gasteiger partial charge in [-0.3, -0.25) is 4.79 Å². The highest BCUT2D eigenvalue weighted by Gasteiger charge is 2.15. The molecule has 2 N–H and O–H groups in total. The molecule has 1 heterocycles. The van der Waals surface area contributed by atoms with Gasteiger partial charge in [-0.1, -0.05) is 12.1 Å². The van der Waals surface area contributed by atoms with Crippen molar-refractivity contribution in [3.63, 3.8) is 0 Å². The zero-order chi connectivity index (χ0) is 19.4. The Kier molecular flexibility index (Phi) is 5.40. The van der Waals surface area contributed by atoms with Crippen molar-refractivity contribution in [1.82, 2.24) is 5.32 Å². The van der Waals surface area contributed by atoms with Gasteiger partial charge in [0.2, 0.25) is 0 Å². The third-order valence-corrected chi connectivity index (χ3v) is 4.12. The standard InChI is InChI=1S/C20H18FNO5/c1-26-18-10-13-9-15(20(25)27-17(13)11-16(18)23)19(24)22-8-2-3-12-4-6-14(21)7-5-12/h4-7,9-11,23H,2-3,8H2,1H3,(H,22,24). The quantitative estimate of drug-likeness (QED) is 0.514. The molecule has 0 bridgehead atoms. The molecule has 7 heteroatoms. The lowest BCUT2D eigenvalue weighted by atomic mass is 10.1. The number of nitrogens with one attached hydrogen (secondary N) is 1. The molecule has 1 aromatic heterocycles. The second kappa shape index (κ2) is 7.90. The molecule has 0 aliphatic heterocycles. The molecule has 1 amide bonds. The summed E-state index contributed by atoms with van der Waals surface area (Å²) in [7, 11) is 1.40. The summed E-state index contributed by atoms with van der Waals surface area (Å²) < 4.78 is 23.0. The summed E-state index contributed by atoms with van der Waals surface area (Å²) in [4.78, 5) is 24.3. The minimum Gasteiger partial charge on any atom is -0.504 e. The van der Waals surface area contributed by atoms with Crippen LogP contribution >= 0.6 is 0 Å². The Hall–Kier alpha value is -3.35. The lowest BCUT2D eigenvalue weighted by molar-refractivity contribution is 0.0949. The fourth-order valence-electron chi connectivity index (χ4n) is 2.70. The molecule has 0 saturated heterocycles. The number of hydrogen-bond donors (Lipinski definition) is 2. The molecular weight excluding hydrogens is 353 g/mol. The first-order valence-corrected chi connectivity index (χ1v) is 8.35. The predicted octanol–water partition coefficient (Wildman–Crippen LogP) is 3.01. The topological polar surface area (TPSA) is 88.8 Å². The lowest BCUT2D eigenvalue weighted by Crippen LogP contribution is -2.29. The van der Waals surface area contributed by atoms with Crippen molar-refractivity contribution in [1.29, 1.82) is 0 Å². The number of rotatable bonds is 6. The Morgan fingerprint density at radius 3 is 2.67 bits per heavy atom. The van der Waals surface area contributed by atoms with Gasteiger partial charge < -0.3 is 19.6 Å². The number of fused-ring (bicyclic) bond motifs is 1. The van der Waals surface area contributed by atoms with Crippen LogP contribution in [0.25, 0.3) is 11.0 Å². The van der Waals surface area contributed by atoms with Gasteiger partial charge in [0.15, 0.2) is 11.5 Å². The highest BCUT2D eigenvalue weighted by molar-refractivity contribution is 5.97. The van der Waals surface area contributed by atoms with Crippen LogP contribution in [-0.2, 0) is 6.42 Å². The van der Waals surface area contributed by atoms with Crippen molar-refractivity contribution in [2.45, 2.75) is 12.8 Å². The van der Waals surface area contributed by atoms with Crippen LogP contribution in [0.15, 0.2) is 51.7 Å². The van der Waals surface area contributed by atoms with Crippen LogP contribution in [0.1, 0.15) is 22.3 Å². The summed E-state index contributed by atoms with van der Waals surface area (Å²) in [5.74, 6) is -0.787. The van der Waals surface area contributed by atoms with E-state index in [0.29, 0.717) is 24.8 Å². The number of carbonyl (C=O) groups is 1. The molecule has 0 spiro atoms. The van der Waals surface area contributed by atoms with Crippen molar-refractivity contribution in [2.24, 2.45) is 0 Å². The summed E-state index contributed by atoms with van der Waals surface area (Å²) in [6.07, 6.45) is 1.31. The number of hydrogen-bond acceptors (Lipinski definition) is 5. The van der Waals surface area contributed by atoms with Crippen LogP contribution < -0.4 is 15.7 Å². The summed E-state index contributed by atoms with van der Waals surface area (Å²) in [6, 6.07) is 10.3. The number of ether oxygens (including phenoxy) is 1. The monoisotopic (exact) mass is 371 g/mol. The number of aromatic hydroxyl groups is 1. The maximum atomic E-state index is 12.9. The molecule has 6 nitrogen and oxygen atoms in total. The number of amides is 1. The number of aryl methyl sites for hydroxylation is 1. The smallest absolute Gasteiger partial charge is 0.349 e. The van der Waals surface area contributed by atoms with Crippen molar-refractivity contribution in [3.8, 4) is 11.5 Å². The highest BCUT2D eigenvalue weighted by Crippen LogP contribution is 2.30. The number of phenolic OH excluding ortho intramolecular Hbond substituents is 1. The minimum absolute atomic E-state index is 0.128. The average molecular weight is 371 g/mol. The van der Waals surface area contributed by atoms with Gasteiger partial charge in [0.25, 0.3) is 5.91 Å². The van der Waals surface area contributed by atoms with Gasteiger partial charge in [0.1, 0.15) is 17.0 Å². The van der Waals surface area contributed by atoms with E-state index in [-0.39, 0.29) is 28.5 Å². The molecule has 0 saturated carbocycles. The Morgan fingerprint density at radius 2 is 1.96 bits per heavy atom. The highest BCUT2D eigenvalue weighted by atomic mass is 19.1. The normalized spacial score (nSPS) is 10.7. The fourth-order valence-corrected chi connectivity index (χ4v) is 2.70. The van der Waals surface area contributed by atoms with Crippen molar-refractivity contribution >= 4 is 16.9 Å². The van der Waals surface area contributed by atoms with Crippen molar-refractivity contribution in [2.75, 3.05) is 13.7 Å². The first kappa shape index (κ1) is 18.4. The Labute approximate surface area is 154 Å². The Balaban J connectivity index is 1.67. The summed E-state index contributed by atoms with van der Waals surface area (Å²) in [5.41, 5.74) is 0.203. The van der Waals surface area contributed by atoms with Crippen molar-refractivity contribution in [3.05, 3.63) is 69.8 Å². The van der Waals surface area contributed by atoms with E-state index in [1.165, 1.54) is 37.4 Å². The van der Waals surface area contributed by atoms with E-state index in [4.69, 9.17) is 9.15 Å². The van der Waals surface area contributed by atoms with Crippen LogP contribution in [0.2, 0.25) is 0 Å². The van der Waals surface area contributed by atoms with E-state index in [1.807, 2.05) is 0 Å². The van der Waals surface area contributed by atoms with E-state index in [9.17, 15) is 19.1 Å². The molecule has 140 valence electrons. The van der Waals surface area contributed by atoms with Gasteiger partial charge in [-0.25, -0.2) is 9.18 Å². The first-order chi connectivity index (χ1) is 13.0. The van der Waals surface area contributed by atoms with Gasteiger partial charge in [0, 0.05) is 18.0 Å². The molecule has 0 aliphatic rings. The van der Waals surface area contributed by atoms with Crippen LogP contribution in [0.3, 0.4) is 0 Å². The zero-order valence-corrected chi connectivity index (χ0v) is 14.6. The average Bonchev–Trinajstić information content (AvgIpc) is 2.65. The van der Waals surface area contributed by atoms with Crippen molar-refractivity contribution < 1.29 is 23.4 Å². The van der Waals surface area contributed by atoms with Gasteiger partial charge in [-0.2, -0.15) is 0 Å². The van der Waals surface area contributed by atoms with Gasteiger partial charge >= 0.3 is 5.63 Å². The van der Waals surface area contributed by atoms with Crippen LogP contribution in [-0.4, -0.2) is 24.7 Å². The van der Waals surface area contributed by atoms with Crippen LogP contribution in [0, 0.1) is 5.82 Å². The largest absolute Gasteiger partial charge is 0.504 e. The van der Waals surface area contributed by atoms with Crippen LogP contribution in [0.4, 0.5) is 4.39 Å². The maximum absolute atomic E-state index is 12.9. The molecule has 3 rings (SSSR count). The third-order valence-electron chi connectivity index (χ3n) is 4.12. The molecule has 0 atom stereocenters. The second-order valence-electron chi connectivity index (χ2n) is 6.00. The van der Waals surface area contributed by atoms with E-state index < -0.39 is 11.5 Å². The molecule has 0 fully saturated rings. The number of benzene rings is 2. The zero-order valence-electron chi connectivity index (χ0n) is 14.6. The van der Waals surface area contributed by atoms with E-state index in [0.717, 1.165) is 5.56 Å². The maximum Gasteiger partial charge on any atom is 0.349 e. The van der Waals surface area contributed by atoms with Crippen LogP contribution in [0.5, 0.6) is 11.5 Å². The summed E-state index contributed by atoms with van der Waals surface area (Å²) in [5, 5.41) is 12.9. The molecule has 3 aromatic rings. The fraction of sp³-hybridized carbons (Fsp3) is 0.200. The first-order valence-electron chi connectivity index (χ1n) is 8.35. The molecule has 0 aliphatic carbocycles. The van der Waals surface area contributed by atoms with E-state index >= 15 is 0 Å². The minimum atomic E-state index is -0.789. The molecule has 0 unspecified atom stereocenters. The number of carbonyl (C=O) groups excluding carboxylic acids is 1. The molecule has 2 aromatic carbocycles. The second-order valence-corrected chi connectivity index (χ2v) is 6.00. The number of halogens is 1. The number of methoxy groups -OCH3 is 1. The van der Waals surface area contributed by atoms with Gasteiger partial charge in [-0.15, -0.1) is 0 Å². The van der Waals surface area contributed by atoms with Gasteiger partial charge in [-0.05, 0) is 42.7 Å². The van der Waals surface area contributed by atoms with E-state index in [1.54, 1.807) is 12.1 Å². The lowest BCUT2D eigenvalue weighted by Gasteiger charge is -2.07.